The predicted molar refractivity (Wildman–Crippen MR) is 107 cm³/mol. The molecule has 12 heteroatoms. The molecule has 1 aromatic carbocycles. The average Bonchev–Trinajstić information content (AvgIpc) is 3.31. The second-order valence-corrected chi connectivity index (χ2v) is 10.1. The molecule has 0 spiro atoms. The van der Waals surface area contributed by atoms with Crippen LogP contribution < -0.4 is 5.32 Å². The fraction of sp³-hybridized carbons (Fsp3) is 0.389. The van der Waals surface area contributed by atoms with Crippen LogP contribution in [0.2, 0.25) is 0 Å². The summed E-state index contributed by atoms with van der Waals surface area (Å²) in [7, 11) is -3.34. The van der Waals surface area contributed by atoms with E-state index in [1.165, 1.54) is 24.3 Å². The van der Waals surface area contributed by atoms with Crippen LogP contribution in [0.25, 0.3) is 0 Å². The van der Waals surface area contributed by atoms with Crippen molar-refractivity contribution in [2.24, 2.45) is 5.16 Å². The first-order valence-electron chi connectivity index (χ1n) is 9.23. The standard InChI is InChI=1S/C18H18N4O6S2/c23-9-15-20-21-18(29-15)19-17(24)16(22-28-12-7-8-27-10-12)11-1-3-13(4-2-11)30(25,26)14-5-6-14/h1-4,9,12,14H,5-8,10H2,(H,19,21,24)/t12-/m1/s1. The van der Waals surface area contributed by atoms with Crippen LogP contribution in [-0.2, 0) is 24.2 Å². The minimum atomic E-state index is -3.34. The average molecular weight is 450 g/mol. The van der Waals surface area contributed by atoms with E-state index >= 15 is 0 Å². The molecule has 10 nitrogen and oxygen atoms in total. The van der Waals surface area contributed by atoms with Crippen molar-refractivity contribution in [1.82, 2.24) is 10.2 Å². The Labute approximate surface area is 176 Å². The van der Waals surface area contributed by atoms with E-state index < -0.39 is 15.7 Å². The number of hydrogen-bond donors (Lipinski definition) is 1. The molecule has 1 aromatic heterocycles. The van der Waals surface area contributed by atoms with Gasteiger partial charge in [-0.15, -0.1) is 10.2 Å². The first-order chi connectivity index (χ1) is 14.5. The van der Waals surface area contributed by atoms with Gasteiger partial charge in [-0.25, -0.2) is 8.42 Å². The van der Waals surface area contributed by atoms with E-state index in [9.17, 15) is 18.0 Å². The molecular formula is C18H18N4O6S2. The quantitative estimate of drug-likeness (QED) is 0.362. The molecule has 0 radical (unpaired) electrons. The minimum Gasteiger partial charge on any atom is -0.389 e. The summed E-state index contributed by atoms with van der Waals surface area (Å²) in [6, 6.07) is 5.94. The van der Waals surface area contributed by atoms with Gasteiger partial charge in [-0.1, -0.05) is 28.6 Å². The van der Waals surface area contributed by atoms with Crippen molar-refractivity contribution in [2.45, 2.75) is 35.5 Å². The van der Waals surface area contributed by atoms with Crippen molar-refractivity contribution >= 4 is 44.2 Å². The number of ether oxygens (including phenoxy) is 1. The predicted octanol–water partition coefficient (Wildman–Crippen LogP) is 1.44. The van der Waals surface area contributed by atoms with Gasteiger partial charge in [0.15, 0.2) is 32.9 Å². The third kappa shape index (κ3) is 4.55. The molecule has 1 aliphatic carbocycles. The first kappa shape index (κ1) is 20.6. The van der Waals surface area contributed by atoms with Gasteiger partial charge >= 0.3 is 0 Å². The molecule has 2 heterocycles. The number of aromatic nitrogens is 2. The number of rotatable bonds is 8. The monoisotopic (exact) mass is 450 g/mol. The maximum Gasteiger partial charge on any atom is 0.280 e. The number of amides is 1. The summed E-state index contributed by atoms with van der Waals surface area (Å²) in [4.78, 5) is 29.2. The topological polar surface area (TPSA) is 137 Å². The number of carbonyl (C=O) groups is 2. The molecule has 30 heavy (non-hydrogen) atoms. The van der Waals surface area contributed by atoms with E-state index in [0.29, 0.717) is 44.3 Å². The maximum atomic E-state index is 12.8. The normalized spacial score (nSPS) is 19.5. The fourth-order valence-corrected chi connectivity index (χ4v) is 5.02. The van der Waals surface area contributed by atoms with E-state index in [2.05, 4.69) is 20.7 Å². The Bertz CT molecular complexity index is 1070. The van der Waals surface area contributed by atoms with Crippen LogP contribution >= 0.6 is 11.3 Å². The van der Waals surface area contributed by atoms with Crippen molar-refractivity contribution in [3.8, 4) is 0 Å². The second-order valence-electron chi connectivity index (χ2n) is 6.82. The van der Waals surface area contributed by atoms with Gasteiger partial charge in [0.1, 0.15) is 0 Å². The van der Waals surface area contributed by atoms with Crippen molar-refractivity contribution in [3.05, 3.63) is 34.8 Å². The summed E-state index contributed by atoms with van der Waals surface area (Å²) < 4.78 is 30.0. The number of benzene rings is 1. The third-order valence-corrected chi connectivity index (χ3v) is 7.62. The molecule has 158 valence electrons. The zero-order valence-corrected chi connectivity index (χ0v) is 17.3. The van der Waals surface area contributed by atoms with Crippen LogP contribution in [0.15, 0.2) is 34.3 Å². The number of nitrogens with zero attached hydrogens (tertiary/aromatic N) is 3. The molecule has 1 saturated heterocycles. The smallest absolute Gasteiger partial charge is 0.280 e. The maximum absolute atomic E-state index is 12.8. The van der Waals surface area contributed by atoms with E-state index in [-0.39, 0.29) is 32.1 Å². The second kappa shape index (κ2) is 8.58. The molecule has 4 rings (SSSR count). The highest BCUT2D eigenvalue weighted by atomic mass is 32.2. The Hall–Kier alpha value is -2.70. The Morgan fingerprint density at radius 3 is 2.60 bits per heavy atom. The van der Waals surface area contributed by atoms with E-state index in [1.807, 2.05) is 0 Å². The van der Waals surface area contributed by atoms with Gasteiger partial charge < -0.3 is 9.57 Å². The number of carbonyl (C=O) groups excluding carboxylic acids is 2. The van der Waals surface area contributed by atoms with Crippen LogP contribution in [0, 0.1) is 0 Å². The molecule has 2 aliphatic rings. The molecule has 1 N–H and O–H groups in total. The number of sulfone groups is 1. The minimum absolute atomic E-state index is 0.0554. The van der Waals surface area contributed by atoms with Gasteiger partial charge in [-0.2, -0.15) is 0 Å². The molecule has 2 aromatic rings. The molecule has 2 fully saturated rings. The number of aldehydes is 1. The molecule has 1 atom stereocenters. The van der Waals surface area contributed by atoms with Crippen LogP contribution in [0.5, 0.6) is 0 Å². The molecule has 1 aliphatic heterocycles. The first-order valence-corrected chi connectivity index (χ1v) is 11.6. The number of hydrogen-bond acceptors (Lipinski definition) is 10. The van der Waals surface area contributed by atoms with E-state index in [0.717, 1.165) is 11.3 Å². The van der Waals surface area contributed by atoms with Gasteiger partial charge in [0.25, 0.3) is 5.91 Å². The highest BCUT2D eigenvalue weighted by Gasteiger charge is 2.36. The summed E-state index contributed by atoms with van der Waals surface area (Å²) in [6.07, 6.45) is 2.24. The van der Waals surface area contributed by atoms with Crippen molar-refractivity contribution in [1.29, 1.82) is 0 Å². The highest BCUT2D eigenvalue weighted by Crippen LogP contribution is 2.33. The number of oxime groups is 1. The Kier molecular flexibility index (Phi) is 5.88. The van der Waals surface area contributed by atoms with Crippen LogP contribution in [0.4, 0.5) is 5.13 Å². The zero-order valence-electron chi connectivity index (χ0n) is 15.7. The van der Waals surface area contributed by atoms with Gasteiger partial charge in [-0.05, 0) is 25.0 Å². The van der Waals surface area contributed by atoms with Gasteiger partial charge in [-0.3, -0.25) is 14.9 Å². The van der Waals surface area contributed by atoms with E-state index in [4.69, 9.17) is 9.57 Å². The lowest BCUT2D eigenvalue weighted by atomic mass is 10.1. The van der Waals surface area contributed by atoms with Gasteiger partial charge in [0.2, 0.25) is 5.13 Å². The largest absolute Gasteiger partial charge is 0.389 e. The SMILES string of the molecule is O=Cc1nnc(NC(=O)C(=NO[C@@H]2CCOC2)c2ccc(S(=O)(=O)C3CC3)cc2)s1. The van der Waals surface area contributed by atoms with E-state index in [1.54, 1.807) is 0 Å². The lowest BCUT2D eigenvalue weighted by Crippen LogP contribution is -2.25. The fourth-order valence-electron chi connectivity index (χ4n) is 2.81. The summed E-state index contributed by atoms with van der Waals surface area (Å²) >= 11 is 0.916. The van der Waals surface area contributed by atoms with Crippen molar-refractivity contribution in [3.63, 3.8) is 0 Å². The molecule has 0 bridgehead atoms. The molecular weight excluding hydrogens is 432 g/mol. The van der Waals surface area contributed by atoms with Crippen LogP contribution in [-0.4, -0.2) is 61.1 Å². The van der Waals surface area contributed by atoms with Crippen molar-refractivity contribution < 1.29 is 27.6 Å². The van der Waals surface area contributed by atoms with Crippen molar-refractivity contribution in [2.75, 3.05) is 18.5 Å². The Morgan fingerprint density at radius 2 is 2.00 bits per heavy atom. The van der Waals surface area contributed by atoms with Gasteiger partial charge in [0, 0.05) is 12.0 Å². The van der Waals surface area contributed by atoms with Crippen LogP contribution in [0.1, 0.15) is 34.6 Å². The van der Waals surface area contributed by atoms with Gasteiger partial charge in [0.05, 0.1) is 23.4 Å². The summed E-state index contributed by atoms with van der Waals surface area (Å²) in [6.45, 7) is 0.921. The molecule has 1 amide bonds. The Balaban J connectivity index is 1.58. The van der Waals surface area contributed by atoms with Crippen LogP contribution in [0.3, 0.4) is 0 Å². The third-order valence-electron chi connectivity index (χ3n) is 4.58. The summed E-state index contributed by atoms with van der Waals surface area (Å²) in [5.74, 6) is -0.625. The summed E-state index contributed by atoms with van der Waals surface area (Å²) in [5, 5.41) is 13.8. The lowest BCUT2D eigenvalue weighted by Gasteiger charge is -2.10. The summed E-state index contributed by atoms with van der Waals surface area (Å²) in [5.41, 5.74) is 0.321. The zero-order chi connectivity index (χ0) is 21.1. The lowest BCUT2D eigenvalue weighted by molar-refractivity contribution is -0.110. The molecule has 0 unspecified atom stereocenters. The number of nitrogens with one attached hydrogen (secondary N) is 1. The molecule has 1 saturated carbocycles. The highest BCUT2D eigenvalue weighted by molar-refractivity contribution is 7.92. The Morgan fingerprint density at radius 1 is 1.23 bits per heavy atom. The number of anilines is 1.